The summed E-state index contributed by atoms with van der Waals surface area (Å²) in [4.78, 5) is 27.5. The van der Waals surface area contributed by atoms with Crippen LogP contribution in [0.15, 0.2) is 36.5 Å². The number of benzene rings is 1. The van der Waals surface area contributed by atoms with E-state index in [1.807, 2.05) is 0 Å². The van der Waals surface area contributed by atoms with Crippen LogP contribution in [0.1, 0.15) is 17.0 Å². The lowest BCUT2D eigenvalue weighted by Gasteiger charge is -2.14. The molecular formula is C15H14F2N4O2. The fourth-order valence-electron chi connectivity index (χ4n) is 1.97. The number of rotatable bonds is 5. The number of carbonyl (C=O) groups is 2. The second-order valence-corrected chi connectivity index (χ2v) is 4.82. The minimum absolute atomic E-state index is 0.0238. The van der Waals surface area contributed by atoms with E-state index in [4.69, 9.17) is 11.5 Å². The van der Waals surface area contributed by atoms with E-state index < -0.39 is 29.4 Å². The molecule has 0 bridgehead atoms. The van der Waals surface area contributed by atoms with Crippen LogP contribution in [0.2, 0.25) is 0 Å². The molecule has 0 unspecified atom stereocenters. The molecule has 1 aromatic heterocycles. The molecule has 5 N–H and O–H groups in total. The molecule has 0 aliphatic carbocycles. The van der Waals surface area contributed by atoms with Gasteiger partial charge in [0, 0.05) is 12.7 Å². The average Bonchev–Trinajstić information content (AvgIpc) is 2.50. The van der Waals surface area contributed by atoms with Crippen molar-refractivity contribution in [2.45, 2.75) is 12.5 Å². The Labute approximate surface area is 130 Å². The van der Waals surface area contributed by atoms with Crippen molar-refractivity contribution in [2.24, 2.45) is 5.73 Å². The number of pyridine rings is 1. The maximum absolute atomic E-state index is 13.3. The van der Waals surface area contributed by atoms with Crippen LogP contribution < -0.4 is 16.8 Å². The second-order valence-electron chi connectivity index (χ2n) is 4.82. The molecule has 0 fully saturated rings. The van der Waals surface area contributed by atoms with E-state index in [1.165, 1.54) is 6.20 Å². The van der Waals surface area contributed by atoms with Gasteiger partial charge < -0.3 is 16.8 Å². The molecule has 2 amide bonds. The summed E-state index contributed by atoms with van der Waals surface area (Å²) in [6.45, 7) is 0.0829. The van der Waals surface area contributed by atoms with Crippen molar-refractivity contribution < 1.29 is 18.4 Å². The molecule has 0 saturated heterocycles. The van der Waals surface area contributed by atoms with Gasteiger partial charge in [0.1, 0.15) is 11.7 Å². The predicted molar refractivity (Wildman–Crippen MR) is 78.8 cm³/mol. The largest absolute Gasteiger partial charge is 0.384 e. The first-order chi connectivity index (χ1) is 10.9. The standard InChI is InChI=1S/C15H14F2N4O2/c16-10-3-2-9(5-11(10)17)13(14(19)22)15(23)21-7-8-1-4-12(18)20-6-8/h1-6,13H,7H2,(H2,18,20)(H2,19,22)(H,21,23)/t13-/m0/s1. The van der Waals surface area contributed by atoms with Gasteiger partial charge in [0.2, 0.25) is 11.8 Å². The van der Waals surface area contributed by atoms with E-state index in [9.17, 15) is 18.4 Å². The van der Waals surface area contributed by atoms with Gasteiger partial charge in [0.05, 0.1) is 0 Å². The number of hydrogen-bond acceptors (Lipinski definition) is 4. The normalized spacial score (nSPS) is 11.7. The SMILES string of the molecule is NC(=O)[C@@H](C(=O)NCc1ccc(N)nc1)c1ccc(F)c(F)c1. The van der Waals surface area contributed by atoms with Crippen molar-refractivity contribution in [1.29, 1.82) is 0 Å². The van der Waals surface area contributed by atoms with E-state index in [2.05, 4.69) is 10.3 Å². The molecule has 2 rings (SSSR count). The number of amides is 2. The highest BCUT2D eigenvalue weighted by molar-refractivity contribution is 6.05. The van der Waals surface area contributed by atoms with Crippen LogP contribution >= 0.6 is 0 Å². The first-order valence-corrected chi connectivity index (χ1v) is 6.61. The topological polar surface area (TPSA) is 111 Å². The van der Waals surface area contributed by atoms with E-state index >= 15 is 0 Å². The van der Waals surface area contributed by atoms with Crippen molar-refractivity contribution in [3.8, 4) is 0 Å². The molecule has 0 radical (unpaired) electrons. The zero-order valence-electron chi connectivity index (χ0n) is 11.9. The van der Waals surface area contributed by atoms with E-state index in [0.717, 1.165) is 18.2 Å². The van der Waals surface area contributed by atoms with Crippen LogP contribution in [-0.2, 0) is 16.1 Å². The fraction of sp³-hybridized carbons (Fsp3) is 0.133. The lowest BCUT2D eigenvalue weighted by atomic mass is 9.97. The molecule has 1 aromatic carbocycles. The van der Waals surface area contributed by atoms with Crippen molar-refractivity contribution in [3.63, 3.8) is 0 Å². The molecule has 0 aliphatic heterocycles. The monoisotopic (exact) mass is 320 g/mol. The van der Waals surface area contributed by atoms with Gasteiger partial charge in [-0.15, -0.1) is 0 Å². The summed E-state index contributed by atoms with van der Waals surface area (Å²) in [5.74, 6) is -5.03. The Morgan fingerprint density at radius 2 is 1.91 bits per heavy atom. The highest BCUT2D eigenvalue weighted by Crippen LogP contribution is 2.19. The first-order valence-electron chi connectivity index (χ1n) is 6.61. The molecule has 0 saturated carbocycles. The lowest BCUT2D eigenvalue weighted by Crippen LogP contribution is -2.36. The summed E-state index contributed by atoms with van der Waals surface area (Å²) >= 11 is 0. The highest BCUT2D eigenvalue weighted by Gasteiger charge is 2.27. The Kier molecular flexibility index (Phi) is 4.85. The molecule has 23 heavy (non-hydrogen) atoms. The zero-order chi connectivity index (χ0) is 17.0. The molecule has 120 valence electrons. The van der Waals surface area contributed by atoms with Crippen LogP contribution in [0.3, 0.4) is 0 Å². The summed E-state index contributed by atoms with van der Waals surface area (Å²) in [5, 5.41) is 2.50. The Balaban J connectivity index is 2.13. The summed E-state index contributed by atoms with van der Waals surface area (Å²) in [7, 11) is 0. The smallest absolute Gasteiger partial charge is 0.237 e. The van der Waals surface area contributed by atoms with Gasteiger partial charge >= 0.3 is 0 Å². The van der Waals surface area contributed by atoms with Crippen LogP contribution in [0.5, 0.6) is 0 Å². The molecule has 1 heterocycles. The van der Waals surface area contributed by atoms with Gasteiger partial charge in [-0.1, -0.05) is 12.1 Å². The summed E-state index contributed by atoms with van der Waals surface area (Å²) in [6, 6.07) is 5.95. The van der Waals surface area contributed by atoms with Crippen LogP contribution in [0.25, 0.3) is 0 Å². The van der Waals surface area contributed by atoms with Gasteiger partial charge in [-0.25, -0.2) is 13.8 Å². The third-order valence-corrected chi connectivity index (χ3v) is 3.14. The third-order valence-electron chi connectivity index (χ3n) is 3.14. The number of nitrogen functional groups attached to an aromatic ring is 1. The molecule has 8 heteroatoms. The number of nitrogens with two attached hydrogens (primary N) is 2. The minimum atomic E-state index is -1.42. The average molecular weight is 320 g/mol. The van der Waals surface area contributed by atoms with E-state index in [1.54, 1.807) is 12.1 Å². The zero-order valence-corrected chi connectivity index (χ0v) is 11.9. The Hall–Kier alpha value is -3.03. The van der Waals surface area contributed by atoms with Crippen molar-refractivity contribution in [2.75, 3.05) is 5.73 Å². The first kappa shape index (κ1) is 16.3. The van der Waals surface area contributed by atoms with Gasteiger partial charge in [0.25, 0.3) is 0 Å². The van der Waals surface area contributed by atoms with E-state index in [0.29, 0.717) is 11.4 Å². The maximum Gasteiger partial charge on any atom is 0.237 e. The lowest BCUT2D eigenvalue weighted by molar-refractivity contribution is -0.130. The number of carbonyl (C=O) groups excluding carboxylic acids is 2. The Morgan fingerprint density at radius 1 is 1.17 bits per heavy atom. The number of hydrogen-bond donors (Lipinski definition) is 3. The summed E-state index contributed by atoms with van der Waals surface area (Å²) in [6.07, 6.45) is 1.46. The molecule has 0 spiro atoms. The summed E-state index contributed by atoms with van der Waals surface area (Å²) in [5.41, 5.74) is 11.3. The van der Waals surface area contributed by atoms with Crippen LogP contribution in [0, 0.1) is 11.6 Å². The molecule has 6 nitrogen and oxygen atoms in total. The molecule has 1 atom stereocenters. The second kappa shape index (κ2) is 6.82. The van der Waals surface area contributed by atoms with Crippen LogP contribution in [0.4, 0.5) is 14.6 Å². The van der Waals surface area contributed by atoms with Crippen molar-refractivity contribution in [3.05, 3.63) is 59.3 Å². The quantitative estimate of drug-likeness (QED) is 0.708. The number of nitrogens with zero attached hydrogens (tertiary/aromatic N) is 1. The van der Waals surface area contributed by atoms with Gasteiger partial charge in [0.15, 0.2) is 11.6 Å². The number of nitrogens with one attached hydrogen (secondary N) is 1. The van der Waals surface area contributed by atoms with Crippen molar-refractivity contribution >= 4 is 17.6 Å². The molecular weight excluding hydrogens is 306 g/mol. The fourth-order valence-corrected chi connectivity index (χ4v) is 1.97. The Bertz CT molecular complexity index is 735. The van der Waals surface area contributed by atoms with Gasteiger partial charge in [-0.2, -0.15) is 0 Å². The number of aromatic nitrogens is 1. The molecule has 2 aromatic rings. The minimum Gasteiger partial charge on any atom is -0.384 e. The van der Waals surface area contributed by atoms with E-state index in [-0.39, 0.29) is 12.1 Å². The number of primary amides is 1. The highest BCUT2D eigenvalue weighted by atomic mass is 19.2. The predicted octanol–water partition coefficient (Wildman–Crippen LogP) is 0.827. The maximum atomic E-state index is 13.3. The van der Waals surface area contributed by atoms with Gasteiger partial charge in [-0.05, 0) is 29.3 Å². The Morgan fingerprint density at radius 3 is 2.48 bits per heavy atom. The molecule has 0 aliphatic rings. The number of halogens is 2. The van der Waals surface area contributed by atoms with Gasteiger partial charge in [-0.3, -0.25) is 9.59 Å². The van der Waals surface area contributed by atoms with Crippen LogP contribution in [-0.4, -0.2) is 16.8 Å². The van der Waals surface area contributed by atoms with Crippen molar-refractivity contribution in [1.82, 2.24) is 10.3 Å². The third kappa shape index (κ3) is 4.00. The number of anilines is 1. The summed E-state index contributed by atoms with van der Waals surface area (Å²) < 4.78 is 26.2.